The summed E-state index contributed by atoms with van der Waals surface area (Å²) in [5.74, 6) is 0. The molecule has 0 unspecified atom stereocenters. The number of rotatable bonds is 1. The lowest BCUT2D eigenvalue weighted by Crippen LogP contribution is -2.13. The fraction of sp³-hybridized carbons (Fsp3) is 0.216. The van der Waals surface area contributed by atoms with Gasteiger partial charge in [0.15, 0.2) is 5.58 Å². The monoisotopic (exact) mass is 520 g/mol. The summed E-state index contributed by atoms with van der Waals surface area (Å²) in [6, 6.07) is 28.6. The van der Waals surface area contributed by atoms with Crippen molar-refractivity contribution in [2.75, 3.05) is 0 Å². The van der Waals surface area contributed by atoms with Crippen molar-refractivity contribution in [3.05, 3.63) is 96.2 Å². The minimum atomic E-state index is -0.103. The number of pyridine rings is 1. The number of aromatic nitrogens is 2. The normalized spacial score (nSPS) is 13.2. The number of para-hydroxylation sites is 2. The van der Waals surface area contributed by atoms with Gasteiger partial charge in [-0.15, -0.1) is 0 Å². The molecule has 3 heteroatoms. The molecule has 3 nitrogen and oxygen atoms in total. The average Bonchev–Trinajstić information content (AvgIpc) is 3.57. The van der Waals surface area contributed by atoms with Crippen molar-refractivity contribution in [2.45, 2.75) is 52.4 Å². The van der Waals surface area contributed by atoms with Crippen LogP contribution in [0.1, 0.15) is 52.7 Å². The molecule has 4 aromatic carbocycles. The van der Waals surface area contributed by atoms with Gasteiger partial charge in [0.25, 0.3) is 0 Å². The minimum Gasteiger partial charge on any atom is -0.437 e. The number of benzene rings is 4. The number of hydrogen-bond donors (Lipinski definition) is 0. The highest BCUT2D eigenvalue weighted by molar-refractivity contribution is 6.29. The van der Waals surface area contributed by atoms with Gasteiger partial charge in [-0.3, -0.25) is 9.38 Å². The Balaban J connectivity index is 1.57. The highest BCUT2D eigenvalue weighted by Gasteiger charge is 2.29. The van der Waals surface area contributed by atoms with Crippen LogP contribution >= 0.6 is 0 Å². The molecule has 0 aliphatic rings. The van der Waals surface area contributed by atoms with Crippen molar-refractivity contribution in [1.29, 1.82) is 0 Å². The quantitative estimate of drug-likeness (QED) is 0.215. The fourth-order valence-corrected chi connectivity index (χ4v) is 6.78. The first-order valence-electron chi connectivity index (χ1n) is 14.2. The summed E-state index contributed by atoms with van der Waals surface area (Å²) >= 11 is 0. The van der Waals surface area contributed by atoms with E-state index in [4.69, 9.17) is 9.40 Å². The molecule has 0 atom stereocenters. The Labute approximate surface area is 233 Å². The maximum atomic E-state index is 7.01. The second-order valence-electron chi connectivity index (χ2n) is 13.3. The summed E-state index contributed by atoms with van der Waals surface area (Å²) in [5.41, 5.74) is 8.59. The van der Waals surface area contributed by atoms with E-state index in [2.05, 4.69) is 131 Å². The summed E-state index contributed by atoms with van der Waals surface area (Å²) < 4.78 is 9.33. The zero-order valence-corrected chi connectivity index (χ0v) is 23.9. The van der Waals surface area contributed by atoms with Gasteiger partial charge in [0.05, 0.1) is 16.4 Å². The summed E-state index contributed by atoms with van der Waals surface area (Å²) in [6.45, 7) is 13.6. The number of hydrogen-bond acceptors (Lipinski definition) is 2. The maximum absolute atomic E-state index is 7.01. The summed E-state index contributed by atoms with van der Waals surface area (Å²) in [5, 5.41) is 8.64. The first-order chi connectivity index (χ1) is 19.1. The van der Waals surface area contributed by atoms with Gasteiger partial charge in [0.2, 0.25) is 5.71 Å². The molecule has 0 aliphatic carbocycles. The fourth-order valence-electron chi connectivity index (χ4n) is 6.78. The second-order valence-corrected chi connectivity index (χ2v) is 13.3. The van der Waals surface area contributed by atoms with Crippen molar-refractivity contribution >= 4 is 60.0 Å². The Kier molecular flexibility index (Phi) is 4.49. The van der Waals surface area contributed by atoms with Crippen molar-refractivity contribution in [3.63, 3.8) is 0 Å². The molecule has 0 fully saturated rings. The third-order valence-corrected chi connectivity index (χ3v) is 8.62. The maximum Gasteiger partial charge on any atom is 0.213 e. The molecule has 196 valence electrons. The van der Waals surface area contributed by atoms with Crippen LogP contribution in [0.5, 0.6) is 0 Å². The van der Waals surface area contributed by atoms with Gasteiger partial charge < -0.3 is 4.42 Å². The van der Waals surface area contributed by atoms with Crippen molar-refractivity contribution in [1.82, 2.24) is 9.38 Å². The van der Waals surface area contributed by atoms with E-state index in [0.717, 1.165) is 22.6 Å². The van der Waals surface area contributed by atoms with Crippen LogP contribution in [0.25, 0.3) is 71.3 Å². The van der Waals surface area contributed by atoms with Crippen LogP contribution in [0, 0.1) is 0 Å². The molecule has 0 radical (unpaired) electrons. The third kappa shape index (κ3) is 3.03. The van der Waals surface area contributed by atoms with E-state index >= 15 is 0 Å². The molecule has 0 spiro atoms. The van der Waals surface area contributed by atoms with Gasteiger partial charge in [-0.1, -0.05) is 102 Å². The zero-order chi connectivity index (χ0) is 27.6. The first kappa shape index (κ1) is 23.5. The zero-order valence-electron chi connectivity index (χ0n) is 23.9. The van der Waals surface area contributed by atoms with Crippen LogP contribution in [0.3, 0.4) is 0 Å². The van der Waals surface area contributed by atoms with Gasteiger partial charge >= 0.3 is 0 Å². The van der Waals surface area contributed by atoms with Gasteiger partial charge in [0.1, 0.15) is 5.69 Å². The van der Waals surface area contributed by atoms with Crippen molar-refractivity contribution in [3.8, 4) is 11.3 Å². The Bertz CT molecular complexity index is 2280. The van der Waals surface area contributed by atoms with Gasteiger partial charge in [0, 0.05) is 33.3 Å². The lowest BCUT2D eigenvalue weighted by Gasteiger charge is -2.23. The highest BCUT2D eigenvalue weighted by atomic mass is 16.3. The largest absolute Gasteiger partial charge is 0.437 e. The summed E-state index contributed by atoms with van der Waals surface area (Å²) in [7, 11) is 0. The van der Waals surface area contributed by atoms with Crippen molar-refractivity contribution < 1.29 is 4.42 Å². The predicted molar refractivity (Wildman–Crippen MR) is 169 cm³/mol. The predicted octanol–water partition coefficient (Wildman–Crippen LogP) is 10.4. The Morgan fingerprint density at radius 3 is 2.10 bits per heavy atom. The molecule has 8 aromatic rings. The number of furan rings is 1. The van der Waals surface area contributed by atoms with Crippen LogP contribution in [0.15, 0.2) is 89.5 Å². The number of nitrogens with zero attached hydrogens (tertiary/aromatic N) is 2. The molecule has 4 heterocycles. The second kappa shape index (κ2) is 7.63. The Morgan fingerprint density at radius 1 is 0.650 bits per heavy atom. The van der Waals surface area contributed by atoms with Crippen LogP contribution < -0.4 is 0 Å². The van der Waals surface area contributed by atoms with Crippen LogP contribution in [0.4, 0.5) is 0 Å². The smallest absolute Gasteiger partial charge is 0.213 e. The van der Waals surface area contributed by atoms with E-state index in [-0.39, 0.29) is 10.8 Å². The molecule has 0 aliphatic heterocycles. The lowest BCUT2D eigenvalue weighted by atomic mass is 9.81. The van der Waals surface area contributed by atoms with Crippen molar-refractivity contribution in [2.24, 2.45) is 0 Å². The third-order valence-electron chi connectivity index (χ3n) is 8.62. The molecule has 40 heavy (non-hydrogen) atoms. The molecule has 0 saturated heterocycles. The first-order valence-corrected chi connectivity index (χ1v) is 14.2. The Morgan fingerprint density at radius 2 is 1.32 bits per heavy atom. The standard InChI is InChI=1S/C37H32N2O/c1-36(2,3)27-19-22(18-21-12-7-8-13-23(21)27)32-34-31(28(20-38-32)37(4,5)6)30-26-16-11-15-25-24-14-9-10-17-29(24)39(33(25)26)35(30)40-34/h7-20H,1-6H3. The SMILES string of the molecule is CC(C)(C)c1cc(-c2ncc(C(C)(C)C)c3c2oc2c3c3cccc4c5ccccc5n2c43)cc2ccccc12. The minimum absolute atomic E-state index is 0.0143. The van der Waals surface area contributed by atoms with E-state index in [0.29, 0.717) is 0 Å². The van der Waals surface area contributed by atoms with E-state index in [9.17, 15) is 0 Å². The van der Waals surface area contributed by atoms with Gasteiger partial charge in [-0.05, 0) is 50.9 Å². The van der Waals surface area contributed by atoms with Gasteiger partial charge in [-0.25, -0.2) is 0 Å². The van der Waals surface area contributed by atoms with E-state index < -0.39 is 0 Å². The number of fused-ring (bicyclic) bond motifs is 9. The molecule has 8 rings (SSSR count). The molecule has 4 aromatic heterocycles. The van der Waals surface area contributed by atoms with Crippen LogP contribution in [-0.4, -0.2) is 9.38 Å². The van der Waals surface area contributed by atoms with E-state index in [1.807, 2.05) is 0 Å². The molecular weight excluding hydrogens is 488 g/mol. The van der Waals surface area contributed by atoms with E-state index in [1.54, 1.807) is 0 Å². The molecular formula is C37H32N2O. The summed E-state index contributed by atoms with van der Waals surface area (Å²) in [4.78, 5) is 5.14. The highest BCUT2D eigenvalue weighted by Crippen LogP contribution is 2.47. The molecule has 0 saturated carbocycles. The molecule has 0 bridgehead atoms. The molecule has 0 amide bonds. The Hall–Kier alpha value is -4.37. The average molecular weight is 521 g/mol. The molecule has 0 N–H and O–H groups in total. The lowest BCUT2D eigenvalue weighted by molar-refractivity contribution is 0.591. The van der Waals surface area contributed by atoms with Crippen LogP contribution in [-0.2, 0) is 10.8 Å². The van der Waals surface area contributed by atoms with E-state index in [1.165, 1.54) is 59.9 Å². The summed E-state index contributed by atoms with van der Waals surface area (Å²) in [6.07, 6.45) is 2.09. The van der Waals surface area contributed by atoms with Crippen LogP contribution in [0.2, 0.25) is 0 Å². The topological polar surface area (TPSA) is 30.4 Å². The van der Waals surface area contributed by atoms with Gasteiger partial charge in [-0.2, -0.15) is 0 Å².